The standard InChI is InChI=1S/C12H19N3/c1-10(2)15-9-6-12(13-15)11(3)14-7-4-5-8-14/h6,9-10H,3-5,7-8H2,1-2H3. The van der Waals surface area contributed by atoms with Gasteiger partial charge in [0.1, 0.15) is 5.69 Å². The number of aromatic nitrogens is 2. The van der Waals surface area contributed by atoms with E-state index in [4.69, 9.17) is 0 Å². The summed E-state index contributed by atoms with van der Waals surface area (Å²) >= 11 is 0. The second kappa shape index (κ2) is 4.09. The third-order valence-corrected chi connectivity index (χ3v) is 2.92. The van der Waals surface area contributed by atoms with Crippen molar-refractivity contribution in [3.63, 3.8) is 0 Å². The van der Waals surface area contributed by atoms with Crippen LogP contribution >= 0.6 is 0 Å². The molecule has 0 atom stereocenters. The molecule has 1 fully saturated rings. The van der Waals surface area contributed by atoms with Crippen LogP contribution in [0, 0.1) is 0 Å². The lowest BCUT2D eigenvalue weighted by Crippen LogP contribution is -2.17. The van der Waals surface area contributed by atoms with Gasteiger partial charge in [-0.3, -0.25) is 4.68 Å². The van der Waals surface area contributed by atoms with Crippen molar-refractivity contribution < 1.29 is 0 Å². The molecule has 0 bridgehead atoms. The molecular weight excluding hydrogens is 186 g/mol. The fourth-order valence-electron chi connectivity index (χ4n) is 1.93. The van der Waals surface area contributed by atoms with Gasteiger partial charge in [-0.05, 0) is 32.8 Å². The SMILES string of the molecule is C=C(c1ccn(C(C)C)n1)N1CCCC1. The number of hydrogen-bond donors (Lipinski definition) is 0. The summed E-state index contributed by atoms with van der Waals surface area (Å²) < 4.78 is 1.98. The predicted octanol–water partition coefficient (Wildman–Crippen LogP) is 2.53. The van der Waals surface area contributed by atoms with Crippen LogP contribution in [0.4, 0.5) is 0 Å². The molecule has 15 heavy (non-hydrogen) atoms. The molecule has 0 unspecified atom stereocenters. The molecule has 0 aliphatic carbocycles. The van der Waals surface area contributed by atoms with Gasteiger partial charge in [-0.25, -0.2) is 0 Å². The van der Waals surface area contributed by atoms with E-state index in [9.17, 15) is 0 Å². The van der Waals surface area contributed by atoms with Crippen LogP contribution in [-0.2, 0) is 0 Å². The zero-order valence-corrected chi connectivity index (χ0v) is 9.61. The van der Waals surface area contributed by atoms with Crippen molar-refractivity contribution >= 4 is 5.70 Å². The fraction of sp³-hybridized carbons (Fsp3) is 0.583. The van der Waals surface area contributed by atoms with Gasteiger partial charge in [0.25, 0.3) is 0 Å². The van der Waals surface area contributed by atoms with E-state index >= 15 is 0 Å². The molecule has 0 radical (unpaired) electrons. The third kappa shape index (κ3) is 2.06. The summed E-state index contributed by atoms with van der Waals surface area (Å²) in [6.07, 6.45) is 4.59. The highest BCUT2D eigenvalue weighted by Crippen LogP contribution is 2.21. The lowest BCUT2D eigenvalue weighted by Gasteiger charge is -2.18. The molecule has 82 valence electrons. The fourth-order valence-corrected chi connectivity index (χ4v) is 1.93. The van der Waals surface area contributed by atoms with Crippen LogP contribution < -0.4 is 0 Å². The van der Waals surface area contributed by atoms with Crippen molar-refractivity contribution in [2.24, 2.45) is 0 Å². The molecule has 2 rings (SSSR count). The first-order valence-corrected chi connectivity index (χ1v) is 5.68. The zero-order valence-electron chi connectivity index (χ0n) is 9.61. The Morgan fingerprint density at radius 3 is 2.60 bits per heavy atom. The monoisotopic (exact) mass is 205 g/mol. The van der Waals surface area contributed by atoms with Gasteiger partial charge in [0.05, 0.1) is 5.70 Å². The van der Waals surface area contributed by atoms with Crippen LogP contribution in [0.15, 0.2) is 18.8 Å². The molecule has 3 nitrogen and oxygen atoms in total. The summed E-state index contributed by atoms with van der Waals surface area (Å²) in [5.41, 5.74) is 2.09. The van der Waals surface area contributed by atoms with Gasteiger partial charge >= 0.3 is 0 Å². The van der Waals surface area contributed by atoms with Gasteiger partial charge in [-0.15, -0.1) is 0 Å². The quantitative estimate of drug-likeness (QED) is 0.756. The van der Waals surface area contributed by atoms with Gasteiger partial charge in [0.15, 0.2) is 0 Å². The maximum Gasteiger partial charge on any atom is 0.108 e. The number of hydrogen-bond acceptors (Lipinski definition) is 2. The molecule has 0 spiro atoms. The van der Waals surface area contributed by atoms with Crippen molar-refractivity contribution in [2.45, 2.75) is 32.7 Å². The van der Waals surface area contributed by atoms with E-state index in [1.165, 1.54) is 12.8 Å². The van der Waals surface area contributed by atoms with E-state index in [0.29, 0.717) is 6.04 Å². The lowest BCUT2D eigenvalue weighted by atomic mass is 10.3. The second-order valence-corrected chi connectivity index (χ2v) is 4.42. The van der Waals surface area contributed by atoms with Crippen molar-refractivity contribution in [1.29, 1.82) is 0 Å². The van der Waals surface area contributed by atoms with Crippen LogP contribution in [0.2, 0.25) is 0 Å². The van der Waals surface area contributed by atoms with Crippen molar-refractivity contribution in [3.05, 3.63) is 24.5 Å². The van der Waals surface area contributed by atoms with Crippen LogP contribution in [0.5, 0.6) is 0 Å². The van der Waals surface area contributed by atoms with E-state index in [1.54, 1.807) is 0 Å². The van der Waals surface area contributed by atoms with Gasteiger partial charge in [0, 0.05) is 25.3 Å². The molecule has 2 heterocycles. The van der Waals surface area contributed by atoms with Gasteiger partial charge in [-0.1, -0.05) is 6.58 Å². The Morgan fingerprint density at radius 2 is 2.07 bits per heavy atom. The minimum absolute atomic E-state index is 0.421. The number of rotatable bonds is 3. The normalized spacial score (nSPS) is 16.3. The smallest absolute Gasteiger partial charge is 0.108 e. The van der Waals surface area contributed by atoms with Crippen molar-refractivity contribution in [3.8, 4) is 0 Å². The van der Waals surface area contributed by atoms with E-state index in [2.05, 4.69) is 36.5 Å². The minimum atomic E-state index is 0.421. The maximum atomic E-state index is 4.53. The average molecular weight is 205 g/mol. The summed E-state index contributed by atoms with van der Waals surface area (Å²) in [6.45, 7) is 10.7. The highest BCUT2D eigenvalue weighted by atomic mass is 15.3. The van der Waals surface area contributed by atoms with Crippen LogP contribution in [0.25, 0.3) is 5.70 Å². The first-order valence-electron chi connectivity index (χ1n) is 5.68. The molecule has 1 saturated heterocycles. The second-order valence-electron chi connectivity index (χ2n) is 4.42. The van der Waals surface area contributed by atoms with Gasteiger partial charge < -0.3 is 4.90 Å². The summed E-state index contributed by atoms with van der Waals surface area (Å²) in [5.74, 6) is 0. The van der Waals surface area contributed by atoms with E-state index in [1.807, 2.05) is 10.9 Å². The topological polar surface area (TPSA) is 21.1 Å². The number of nitrogens with zero attached hydrogens (tertiary/aromatic N) is 3. The predicted molar refractivity (Wildman–Crippen MR) is 62.5 cm³/mol. The van der Waals surface area contributed by atoms with Crippen LogP contribution in [-0.4, -0.2) is 27.8 Å². The zero-order chi connectivity index (χ0) is 10.8. The molecule has 0 N–H and O–H groups in total. The van der Waals surface area contributed by atoms with E-state index in [0.717, 1.165) is 24.5 Å². The summed E-state index contributed by atoms with van der Waals surface area (Å²) in [4.78, 5) is 2.33. The Bertz CT molecular complexity index is 346. The summed E-state index contributed by atoms with van der Waals surface area (Å²) in [6, 6.07) is 2.48. The largest absolute Gasteiger partial charge is 0.370 e. The van der Waals surface area contributed by atoms with Gasteiger partial charge in [0.2, 0.25) is 0 Å². The molecule has 0 aromatic carbocycles. The van der Waals surface area contributed by atoms with E-state index < -0.39 is 0 Å². The Hall–Kier alpha value is -1.25. The minimum Gasteiger partial charge on any atom is -0.370 e. The van der Waals surface area contributed by atoms with Gasteiger partial charge in [-0.2, -0.15) is 5.10 Å². The molecule has 0 saturated carbocycles. The number of likely N-dealkylation sites (tertiary alicyclic amines) is 1. The molecule has 1 aliphatic rings. The maximum absolute atomic E-state index is 4.53. The molecule has 1 aromatic heterocycles. The Morgan fingerprint density at radius 1 is 1.40 bits per heavy atom. The molecule has 1 aromatic rings. The summed E-state index contributed by atoms with van der Waals surface area (Å²) in [7, 11) is 0. The van der Waals surface area contributed by atoms with Crippen molar-refractivity contribution in [1.82, 2.24) is 14.7 Å². The molecule has 0 amide bonds. The average Bonchev–Trinajstić information content (AvgIpc) is 2.88. The third-order valence-electron chi connectivity index (χ3n) is 2.92. The van der Waals surface area contributed by atoms with Crippen LogP contribution in [0.1, 0.15) is 38.4 Å². The Labute approximate surface area is 91.4 Å². The molecule has 3 heteroatoms. The van der Waals surface area contributed by atoms with Crippen molar-refractivity contribution in [2.75, 3.05) is 13.1 Å². The highest BCUT2D eigenvalue weighted by Gasteiger charge is 2.16. The Kier molecular flexibility index (Phi) is 2.80. The summed E-state index contributed by atoms with van der Waals surface area (Å²) in [5, 5.41) is 4.53. The van der Waals surface area contributed by atoms with E-state index in [-0.39, 0.29) is 0 Å². The lowest BCUT2D eigenvalue weighted by molar-refractivity contribution is 0.485. The molecule has 1 aliphatic heterocycles. The van der Waals surface area contributed by atoms with Crippen LogP contribution in [0.3, 0.4) is 0 Å². The first-order chi connectivity index (χ1) is 7.18. The Balaban J connectivity index is 2.11. The highest BCUT2D eigenvalue weighted by molar-refractivity contribution is 5.58. The first kappa shape index (κ1) is 10.3. The molecular formula is C12H19N3.